The average Bonchev–Trinajstić information content (AvgIpc) is 2.82. The summed E-state index contributed by atoms with van der Waals surface area (Å²) in [6.07, 6.45) is 0.0531. The summed E-state index contributed by atoms with van der Waals surface area (Å²) < 4.78 is 12.1. The zero-order valence-electron chi connectivity index (χ0n) is 19.4. The van der Waals surface area contributed by atoms with Crippen molar-refractivity contribution in [1.82, 2.24) is 5.01 Å². The van der Waals surface area contributed by atoms with Crippen LogP contribution < -0.4 is 15.3 Å². The highest BCUT2D eigenvalue weighted by atomic mass is 127. The third-order valence-corrected chi connectivity index (χ3v) is 7.20. The van der Waals surface area contributed by atoms with Crippen molar-refractivity contribution in [1.29, 1.82) is 0 Å². The first-order chi connectivity index (χ1) is 15.7. The van der Waals surface area contributed by atoms with Gasteiger partial charge in [-0.05, 0) is 76.9 Å². The van der Waals surface area contributed by atoms with Crippen LogP contribution in [-0.2, 0) is 5.41 Å². The number of alkyl halides is 1. The fraction of sp³-hybridized carbons (Fsp3) is 0.440. The predicted molar refractivity (Wildman–Crippen MR) is 142 cm³/mol. The minimum Gasteiger partial charge on any atom is -0.494 e. The SMILES string of the molecule is C/C(CO)=C(/I)N(N)C[C@H](O)COc1ccc(C(C)(C)c2ccc(OCCCCl)cc2)cc1. The minimum atomic E-state index is -0.771. The van der Waals surface area contributed by atoms with Crippen molar-refractivity contribution < 1.29 is 19.7 Å². The molecule has 2 rings (SSSR count). The van der Waals surface area contributed by atoms with E-state index in [1.807, 2.05) is 59.0 Å². The van der Waals surface area contributed by atoms with Crippen LogP contribution in [0.3, 0.4) is 0 Å². The minimum absolute atomic E-state index is 0.0756. The topological polar surface area (TPSA) is 88.2 Å². The van der Waals surface area contributed by atoms with E-state index in [-0.39, 0.29) is 25.2 Å². The van der Waals surface area contributed by atoms with Gasteiger partial charge in [-0.1, -0.05) is 38.1 Å². The molecule has 6 nitrogen and oxygen atoms in total. The normalized spacial score (nSPS) is 13.3. The van der Waals surface area contributed by atoms with Crippen LogP contribution in [-0.4, -0.2) is 53.6 Å². The quantitative estimate of drug-likeness (QED) is 0.0792. The number of aliphatic hydroxyl groups excluding tert-OH is 2. The molecule has 2 aromatic rings. The number of ether oxygens (including phenoxy) is 2. The Hall–Kier alpha value is -1.52. The predicted octanol–water partition coefficient (Wildman–Crippen LogP) is 4.59. The summed E-state index contributed by atoms with van der Waals surface area (Å²) in [4.78, 5) is 0. The van der Waals surface area contributed by atoms with Crippen LogP contribution in [0.25, 0.3) is 0 Å². The van der Waals surface area contributed by atoms with Crippen molar-refractivity contribution in [2.75, 3.05) is 32.2 Å². The lowest BCUT2D eigenvalue weighted by Crippen LogP contribution is -2.38. The molecular weight excluding hydrogens is 555 g/mol. The Kier molecular flexibility index (Phi) is 11.2. The van der Waals surface area contributed by atoms with Crippen molar-refractivity contribution in [3.8, 4) is 11.5 Å². The van der Waals surface area contributed by atoms with Crippen molar-refractivity contribution in [3.05, 3.63) is 68.9 Å². The highest BCUT2D eigenvalue weighted by Gasteiger charge is 2.23. The monoisotopic (exact) mass is 588 g/mol. The Bertz CT molecular complexity index is 888. The summed E-state index contributed by atoms with van der Waals surface area (Å²) in [5.74, 6) is 8.07. The van der Waals surface area contributed by atoms with Crippen LogP contribution in [0.1, 0.15) is 38.3 Å². The van der Waals surface area contributed by atoms with E-state index in [2.05, 4.69) is 26.0 Å². The molecule has 0 unspecified atom stereocenters. The third kappa shape index (κ3) is 8.33. The van der Waals surface area contributed by atoms with Gasteiger partial charge in [-0.3, -0.25) is 0 Å². The van der Waals surface area contributed by atoms with E-state index >= 15 is 0 Å². The molecule has 0 aromatic heterocycles. The number of hydrogen-bond donors (Lipinski definition) is 3. The van der Waals surface area contributed by atoms with E-state index in [0.29, 0.717) is 21.9 Å². The van der Waals surface area contributed by atoms with Gasteiger partial charge in [0.05, 0.1) is 23.5 Å². The molecule has 4 N–H and O–H groups in total. The van der Waals surface area contributed by atoms with Gasteiger partial charge in [0, 0.05) is 11.3 Å². The first-order valence-corrected chi connectivity index (χ1v) is 12.5. The summed E-state index contributed by atoms with van der Waals surface area (Å²) in [7, 11) is 0. The van der Waals surface area contributed by atoms with E-state index in [9.17, 15) is 10.2 Å². The molecule has 0 spiro atoms. The molecule has 8 heteroatoms. The van der Waals surface area contributed by atoms with Crippen molar-refractivity contribution in [2.45, 2.75) is 38.7 Å². The molecule has 0 heterocycles. The number of benzene rings is 2. The van der Waals surface area contributed by atoms with Crippen LogP contribution in [0, 0.1) is 0 Å². The highest BCUT2D eigenvalue weighted by molar-refractivity contribution is 14.1. The molecule has 0 bridgehead atoms. The van der Waals surface area contributed by atoms with Gasteiger partial charge >= 0.3 is 0 Å². The molecule has 0 aliphatic carbocycles. The molecule has 0 amide bonds. The first-order valence-electron chi connectivity index (χ1n) is 10.9. The number of nitrogens with two attached hydrogens (primary N) is 1. The molecule has 33 heavy (non-hydrogen) atoms. The molecule has 0 saturated carbocycles. The third-order valence-electron chi connectivity index (χ3n) is 5.39. The molecule has 2 aromatic carbocycles. The van der Waals surface area contributed by atoms with E-state index < -0.39 is 6.10 Å². The molecule has 0 saturated heterocycles. The van der Waals surface area contributed by atoms with E-state index in [1.54, 1.807) is 6.92 Å². The van der Waals surface area contributed by atoms with E-state index in [0.717, 1.165) is 23.3 Å². The van der Waals surface area contributed by atoms with Gasteiger partial charge in [0.15, 0.2) is 0 Å². The molecule has 182 valence electrons. The van der Waals surface area contributed by atoms with Gasteiger partial charge in [0.2, 0.25) is 0 Å². The molecular formula is C25H34ClIN2O4. The van der Waals surface area contributed by atoms with Crippen molar-refractivity contribution in [2.24, 2.45) is 5.84 Å². The largest absolute Gasteiger partial charge is 0.494 e. The van der Waals surface area contributed by atoms with Crippen LogP contribution in [0.2, 0.25) is 0 Å². The molecule has 1 atom stereocenters. The second kappa shape index (κ2) is 13.4. The maximum absolute atomic E-state index is 10.3. The Morgan fingerprint density at radius 3 is 2.06 bits per heavy atom. The summed E-state index contributed by atoms with van der Waals surface area (Å²) in [5, 5.41) is 20.9. The fourth-order valence-corrected chi connectivity index (χ4v) is 3.69. The number of nitrogens with zero attached hydrogens (tertiary/aromatic N) is 1. The lowest BCUT2D eigenvalue weighted by molar-refractivity contribution is 0.0810. The van der Waals surface area contributed by atoms with Gasteiger partial charge in [0.1, 0.15) is 24.2 Å². The standard InChI is InChI=1S/C25H34ClIN2O4/c1-18(16-30)24(27)29(28)15-21(31)17-33-23-11-7-20(8-12-23)25(2,3)19-5-9-22(10-6-19)32-14-4-13-26/h5-12,21,30-31H,4,13-17,28H2,1-3H3/b24-18+/t21-/m0/s1. The fourth-order valence-electron chi connectivity index (χ4n) is 3.21. The van der Waals surface area contributed by atoms with Gasteiger partial charge in [-0.25, -0.2) is 5.84 Å². The first kappa shape index (κ1) is 27.7. The maximum Gasteiger partial charge on any atom is 0.119 e. The Labute approximate surface area is 215 Å². The Morgan fingerprint density at radius 1 is 1.06 bits per heavy atom. The van der Waals surface area contributed by atoms with Gasteiger partial charge in [0.25, 0.3) is 0 Å². The van der Waals surface area contributed by atoms with E-state index in [1.165, 1.54) is 10.6 Å². The van der Waals surface area contributed by atoms with Crippen molar-refractivity contribution in [3.63, 3.8) is 0 Å². The number of hydrazine groups is 1. The Morgan fingerprint density at radius 2 is 1.58 bits per heavy atom. The zero-order valence-corrected chi connectivity index (χ0v) is 22.3. The summed E-state index contributed by atoms with van der Waals surface area (Å²) in [6, 6.07) is 16.1. The van der Waals surface area contributed by atoms with Crippen LogP contribution in [0.5, 0.6) is 11.5 Å². The van der Waals surface area contributed by atoms with Crippen molar-refractivity contribution >= 4 is 34.2 Å². The smallest absolute Gasteiger partial charge is 0.119 e. The number of hydrogen-bond acceptors (Lipinski definition) is 6. The number of halogens is 2. The average molecular weight is 589 g/mol. The second-order valence-electron chi connectivity index (χ2n) is 8.41. The van der Waals surface area contributed by atoms with Gasteiger partial charge < -0.3 is 24.7 Å². The van der Waals surface area contributed by atoms with Gasteiger partial charge in [-0.15, -0.1) is 11.6 Å². The molecule has 0 aliphatic heterocycles. The molecule has 0 radical (unpaired) electrons. The van der Waals surface area contributed by atoms with Crippen LogP contribution in [0.15, 0.2) is 57.8 Å². The lowest BCUT2D eigenvalue weighted by Gasteiger charge is -2.27. The van der Waals surface area contributed by atoms with Gasteiger partial charge in [-0.2, -0.15) is 0 Å². The number of rotatable bonds is 13. The molecule has 0 aliphatic rings. The van der Waals surface area contributed by atoms with Crippen LogP contribution in [0.4, 0.5) is 0 Å². The maximum atomic E-state index is 10.3. The lowest BCUT2D eigenvalue weighted by atomic mass is 9.78. The zero-order chi connectivity index (χ0) is 24.4. The summed E-state index contributed by atoms with van der Waals surface area (Å²) >= 11 is 7.74. The molecule has 0 fully saturated rings. The summed E-state index contributed by atoms with van der Waals surface area (Å²) in [5.41, 5.74) is 2.89. The van der Waals surface area contributed by atoms with Crippen LogP contribution >= 0.6 is 34.2 Å². The summed E-state index contributed by atoms with van der Waals surface area (Å²) in [6.45, 7) is 7.00. The highest BCUT2D eigenvalue weighted by Crippen LogP contribution is 2.33. The van der Waals surface area contributed by atoms with E-state index in [4.69, 9.17) is 26.9 Å². The second-order valence-corrected chi connectivity index (χ2v) is 9.81. The Balaban J connectivity index is 1.94. The number of aliphatic hydroxyl groups is 2.